The number of amides is 1. The second kappa shape index (κ2) is 6.64. The first-order valence-electron chi connectivity index (χ1n) is 9.43. The van der Waals surface area contributed by atoms with Crippen molar-refractivity contribution in [3.8, 4) is 0 Å². The average Bonchev–Trinajstić information content (AvgIpc) is 3.33. The van der Waals surface area contributed by atoms with Gasteiger partial charge in [-0.05, 0) is 12.0 Å². The van der Waals surface area contributed by atoms with Crippen LogP contribution in [0.25, 0.3) is 0 Å². The van der Waals surface area contributed by atoms with Crippen LogP contribution in [-0.4, -0.2) is 37.1 Å². The Hall–Kier alpha value is -2.96. The molecule has 1 unspecified atom stereocenters. The van der Waals surface area contributed by atoms with Crippen molar-refractivity contribution in [1.29, 1.82) is 0 Å². The van der Waals surface area contributed by atoms with Crippen LogP contribution in [0.5, 0.6) is 0 Å². The Labute approximate surface area is 157 Å². The second-order valence-electron chi connectivity index (χ2n) is 7.24. The molecule has 2 aliphatic rings. The van der Waals surface area contributed by atoms with Crippen LogP contribution < -0.4 is 0 Å². The molecule has 0 spiro atoms. The highest BCUT2D eigenvalue weighted by atomic mass is 16.4. The lowest BCUT2D eigenvalue weighted by atomic mass is 9.95. The molecule has 138 valence electrons. The predicted octanol–water partition coefficient (Wildman–Crippen LogP) is 2.00. The van der Waals surface area contributed by atoms with Crippen LogP contribution in [0, 0.1) is 5.92 Å². The van der Waals surface area contributed by atoms with E-state index in [0.29, 0.717) is 25.9 Å². The van der Waals surface area contributed by atoms with Gasteiger partial charge in [-0.1, -0.05) is 30.3 Å². The zero-order chi connectivity index (χ0) is 18.2. The fourth-order valence-electron chi connectivity index (χ4n) is 3.99. The highest BCUT2D eigenvalue weighted by Gasteiger charge is 2.32. The van der Waals surface area contributed by atoms with Crippen molar-refractivity contribution in [2.75, 3.05) is 6.54 Å². The van der Waals surface area contributed by atoms with E-state index in [1.165, 1.54) is 5.56 Å². The molecule has 0 radical (unpaired) electrons. The number of nitrogens with zero attached hydrogens (tertiary/aromatic N) is 5. The van der Waals surface area contributed by atoms with E-state index in [2.05, 4.69) is 27.2 Å². The predicted molar refractivity (Wildman–Crippen MR) is 96.7 cm³/mol. The molecule has 0 saturated carbocycles. The lowest BCUT2D eigenvalue weighted by Gasteiger charge is -2.30. The number of hydrogen-bond acceptors (Lipinski definition) is 5. The van der Waals surface area contributed by atoms with E-state index in [9.17, 15) is 4.79 Å². The van der Waals surface area contributed by atoms with E-state index in [-0.39, 0.29) is 11.8 Å². The fourth-order valence-corrected chi connectivity index (χ4v) is 3.99. The van der Waals surface area contributed by atoms with Crippen molar-refractivity contribution in [3.63, 3.8) is 0 Å². The van der Waals surface area contributed by atoms with Gasteiger partial charge in [0.05, 0.1) is 6.54 Å². The van der Waals surface area contributed by atoms with E-state index in [0.717, 1.165) is 42.6 Å². The minimum atomic E-state index is -0.0149. The van der Waals surface area contributed by atoms with Gasteiger partial charge in [0, 0.05) is 38.3 Å². The zero-order valence-corrected chi connectivity index (χ0v) is 15.0. The molecule has 5 rings (SSSR count). The molecule has 0 fully saturated rings. The SMILES string of the molecule is O=C(C1CCn2ncnc2C1)N1CCc2oc(Cc3ccccc3)nc2C1. The van der Waals surface area contributed by atoms with Crippen molar-refractivity contribution in [3.05, 3.63) is 65.4 Å². The largest absolute Gasteiger partial charge is 0.445 e. The average molecular weight is 363 g/mol. The maximum atomic E-state index is 13.0. The number of rotatable bonds is 3. The van der Waals surface area contributed by atoms with Crippen LogP contribution in [0.3, 0.4) is 0 Å². The number of carbonyl (C=O) groups excluding carboxylic acids is 1. The fraction of sp³-hybridized carbons (Fsp3) is 0.400. The van der Waals surface area contributed by atoms with E-state index in [1.807, 2.05) is 27.8 Å². The Morgan fingerprint density at radius 2 is 2.11 bits per heavy atom. The van der Waals surface area contributed by atoms with Crippen LogP contribution in [0.1, 0.15) is 35.2 Å². The van der Waals surface area contributed by atoms with Crippen molar-refractivity contribution in [2.45, 2.75) is 38.8 Å². The van der Waals surface area contributed by atoms with Gasteiger partial charge in [0.2, 0.25) is 5.91 Å². The molecule has 0 bridgehead atoms. The van der Waals surface area contributed by atoms with Gasteiger partial charge in [0.25, 0.3) is 0 Å². The van der Waals surface area contributed by atoms with E-state index >= 15 is 0 Å². The van der Waals surface area contributed by atoms with Crippen molar-refractivity contribution >= 4 is 5.91 Å². The monoisotopic (exact) mass is 363 g/mol. The van der Waals surface area contributed by atoms with Gasteiger partial charge < -0.3 is 9.32 Å². The van der Waals surface area contributed by atoms with Gasteiger partial charge in [-0.15, -0.1) is 0 Å². The number of carbonyl (C=O) groups is 1. The van der Waals surface area contributed by atoms with Gasteiger partial charge in [-0.2, -0.15) is 5.10 Å². The number of aromatic nitrogens is 4. The van der Waals surface area contributed by atoms with Gasteiger partial charge in [0.1, 0.15) is 23.6 Å². The molecular formula is C20H21N5O2. The number of benzene rings is 1. The molecule has 7 nitrogen and oxygen atoms in total. The summed E-state index contributed by atoms with van der Waals surface area (Å²) in [5.41, 5.74) is 2.08. The summed E-state index contributed by atoms with van der Waals surface area (Å²) in [6.45, 7) is 1.99. The van der Waals surface area contributed by atoms with Crippen molar-refractivity contribution in [1.82, 2.24) is 24.6 Å². The molecule has 2 aromatic heterocycles. The molecular weight excluding hydrogens is 342 g/mol. The summed E-state index contributed by atoms with van der Waals surface area (Å²) >= 11 is 0. The van der Waals surface area contributed by atoms with Crippen molar-refractivity contribution < 1.29 is 9.21 Å². The molecule has 0 saturated heterocycles. The molecule has 27 heavy (non-hydrogen) atoms. The van der Waals surface area contributed by atoms with Crippen LogP contribution in [0.15, 0.2) is 41.1 Å². The Bertz CT molecular complexity index is 962. The van der Waals surface area contributed by atoms with Crippen LogP contribution in [0.4, 0.5) is 0 Å². The van der Waals surface area contributed by atoms with Crippen LogP contribution >= 0.6 is 0 Å². The van der Waals surface area contributed by atoms with Gasteiger partial charge in [-0.3, -0.25) is 9.48 Å². The second-order valence-corrected chi connectivity index (χ2v) is 7.24. The minimum Gasteiger partial charge on any atom is -0.445 e. The summed E-state index contributed by atoms with van der Waals surface area (Å²) in [5, 5.41) is 4.19. The van der Waals surface area contributed by atoms with Gasteiger partial charge in [0.15, 0.2) is 5.89 Å². The first-order chi connectivity index (χ1) is 13.3. The Morgan fingerprint density at radius 1 is 1.22 bits per heavy atom. The number of aryl methyl sites for hydroxylation is 1. The van der Waals surface area contributed by atoms with Crippen LogP contribution in [0.2, 0.25) is 0 Å². The number of fused-ring (bicyclic) bond motifs is 2. The maximum Gasteiger partial charge on any atom is 0.226 e. The number of oxazole rings is 1. The topological polar surface area (TPSA) is 77.0 Å². The standard InChI is InChI=1S/C20H21N5O2/c26-20(15-6-9-25-18(11-15)21-13-22-25)24-8-7-17-16(12-24)23-19(27-17)10-14-4-2-1-3-5-14/h1-5,13,15H,6-12H2. The van der Waals surface area contributed by atoms with Gasteiger partial charge in [-0.25, -0.2) is 9.97 Å². The molecule has 7 heteroatoms. The first-order valence-corrected chi connectivity index (χ1v) is 9.43. The molecule has 3 aromatic rings. The summed E-state index contributed by atoms with van der Waals surface area (Å²) in [5.74, 6) is 2.74. The molecule has 1 atom stereocenters. The van der Waals surface area contributed by atoms with E-state index in [4.69, 9.17) is 4.42 Å². The highest BCUT2D eigenvalue weighted by molar-refractivity contribution is 5.79. The smallest absolute Gasteiger partial charge is 0.226 e. The Kier molecular flexibility index (Phi) is 3.99. The van der Waals surface area contributed by atoms with E-state index < -0.39 is 0 Å². The molecule has 1 aromatic carbocycles. The third-order valence-corrected chi connectivity index (χ3v) is 5.45. The maximum absolute atomic E-state index is 13.0. The molecule has 4 heterocycles. The number of hydrogen-bond donors (Lipinski definition) is 0. The first kappa shape index (κ1) is 16.2. The zero-order valence-electron chi connectivity index (χ0n) is 15.0. The quantitative estimate of drug-likeness (QED) is 0.711. The lowest BCUT2D eigenvalue weighted by molar-refractivity contribution is -0.137. The summed E-state index contributed by atoms with van der Waals surface area (Å²) in [7, 11) is 0. The normalized spacial score (nSPS) is 18.8. The van der Waals surface area contributed by atoms with Crippen molar-refractivity contribution in [2.24, 2.45) is 5.92 Å². The minimum absolute atomic E-state index is 0.0149. The molecule has 0 N–H and O–H groups in total. The summed E-state index contributed by atoms with van der Waals surface area (Å²) in [4.78, 5) is 23.9. The third kappa shape index (κ3) is 3.13. The molecule has 2 aliphatic heterocycles. The van der Waals surface area contributed by atoms with Gasteiger partial charge >= 0.3 is 0 Å². The van der Waals surface area contributed by atoms with E-state index in [1.54, 1.807) is 6.33 Å². The molecule has 1 amide bonds. The summed E-state index contributed by atoms with van der Waals surface area (Å²) in [6, 6.07) is 10.2. The highest BCUT2D eigenvalue weighted by Crippen LogP contribution is 2.25. The molecule has 0 aliphatic carbocycles. The van der Waals surface area contributed by atoms with Crippen LogP contribution in [-0.2, 0) is 37.1 Å². The third-order valence-electron chi connectivity index (χ3n) is 5.45. The lowest BCUT2D eigenvalue weighted by Crippen LogP contribution is -2.42. The Balaban J connectivity index is 1.28. The summed E-state index contributed by atoms with van der Waals surface area (Å²) < 4.78 is 7.84. The summed E-state index contributed by atoms with van der Waals surface area (Å²) in [6.07, 6.45) is 4.46. The Morgan fingerprint density at radius 3 is 3.00 bits per heavy atom.